The van der Waals surface area contributed by atoms with Gasteiger partial charge >= 0.3 is 6.09 Å². The van der Waals surface area contributed by atoms with Crippen molar-refractivity contribution >= 4 is 37.1 Å². The number of aromatic nitrogens is 4. The first-order chi connectivity index (χ1) is 22.2. The molecule has 1 aromatic carbocycles. The Morgan fingerprint density at radius 3 is 2.30 bits per heavy atom. The molecule has 0 bridgehead atoms. The lowest BCUT2D eigenvalue weighted by molar-refractivity contribution is 0.0224. The van der Waals surface area contributed by atoms with Crippen LogP contribution in [0.25, 0.3) is 11.0 Å². The van der Waals surface area contributed by atoms with E-state index < -0.39 is 13.9 Å². The number of amides is 1. The molecule has 10 nitrogen and oxygen atoms in total. The number of ether oxygens (including phenoxy) is 2. The molecule has 3 aromatic rings. The van der Waals surface area contributed by atoms with Crippen LogP contribution < -0.4 is 10.1 Å². The third-order valence-corrected chi connectivity index (χ3v) is 16.3. The van der Waals surface area contributed by atoms with Crippen molar-refractivity contribution in [2.75, 3.05) is 25.6 Å². The van der Waals surface area contributed by atoms with Gasteiger partial charge in [-0.05, 0) is 98.7 Å². The SMILES string of the molecule is COc1cc2c(cc1Nc1ncc3cnn(C4CCC(CO[Si](C(C)C)(C(C)C)C(C)C)CC4)c3n1)CN(C(=O)OC(C)(C)C)CC2. The van der Waals surface area contributed by atoms with Crippen LogP contribution in [0, 0.1) is 5.92 Å². The molecule has 1 saturated carbocycles. The Hall–Kier alpha value is -3.18. The summed E-state index contributed by atoms with van der Waals surface area (Å²) in [5.74, 6) is 1.79. The summed E-state index contributed by atoms with van der Waals surface area (Å²) in [5, 5.41) is 9.10. The van der Waals surface area contributed by atoms with Gasteiger partial charge in [0.05, 0.1) is 30.4 Å². The van der Waals surface area contributed by atoms with Gasteiger partial charge in [-0.25, -0.2) is 14.5 Å². The predicted molar refractivity (Wildman–Crippen MR) is 190 cm³/mol. The number of nitrogens with one attached hydrogen (secondary N) is 1. The Morgan fingerprint density at radius 2 is 1.68 bits per heavy atom. The summed E-state index contributed by atoms with van der Waals surface area (Å²) in [6.07, 6.45) is 8.52. The zero-order valence-corrected chi connectivity index (χ0v) is 31.2. The smallest absolute Gasteiger partial charge is 0.410 e. The summed E-state index contributed by atoms with van der Waals surface area (Å²) in [7, 11) is -0.196. The number of hydrogen-bond acceptors (Lipinski definition) is 8. The summed E-state index contributed by atoms with van der Waals surface area (Å²) in [6, 6.07) is 4.38. The van der Waals surface area contributed by atoms with E-state index in [1.54, 1.807) is 12.0 Å². The maximum Gasteiger partial charge on any atom is 0.410 e. The van der Waals surface area contributed by atoms with Crippen molar-refractivity contribution in [3.8, 4) is 5.75 Å². The van der Waals surface area contributed by atoms with Gasteiger partial charge in [-0.15, -0.1) is 0 Å². The quantitative estimate of drug-likeness (QED) is 0.215. The average Bonchev–Trinajstić information content (AvgIpc) is 3.43. The Kier molecular flexibility index (Phi) is 10.6. The lowest BCUT2D eigenvalue weighted by Crippen LogP contribution is -2.48. The Balaban J connectivity index is 1.28. The molecule has 1 amide bonds. The maximum absolute atomic E-state index is 12.8. The lowest BCUT2D eigenvalue weighted by atomic mass is 9.87. The summed E-state index contributed by atoms with van der Waals surface area (Å²) < 4.78 is 20.4. The molecule has 0 atom stereocenters. The molecule has 0 saturated heterocycles. The van der Waals surface area contributed by atoms with E-state index in [0.717, 1.165) is 66.6 Å². The van der Waals surface area contributed by atoms with Crippen LogP contribution in [0.2, 0.25) is 16.6 Å². The van der Waals surface area contributed by atoms with E-state index >= 15 is 0 Å². The molecule has 47 heavy (non-hydrogen) atoms. The molecular formula is C36H56N6O4Si. The highest BCUT2D eigenvalue weighted by Crippen LogP contribution is 2.44. The first kappa shape index (κ1) is 35.1. The first-order valence-corrected chi connectivity index (χ1v) is 19.6. The van der Waals surface area contributed by atoms with Gasteiger partial charge in [0.1, 0.15) is 11.4 Å². The molecule has 2 aliphatic rings. The van der Waals surface area contributed by atoms with Gasteiger partial charge < -0.3 is 24.1 Å². The molecule has 1 N–H and O–H groups in total. The standard InChI is InChI=1S/C36H56N6O4Si/c1-23(2)47(24(3)4,25(5)6)45-22-26-11-13-30(14-12-26)42-33-29(20-38-42)19-37-34(40-33)39-31-17-28-21-41(35(43)46-36(7,8)9)16-15-27(28)18-32(31)44-10/h17-20,23-26,30H,11-16,21-22H2,1-10H3,(H,37,39,40). The van der Waals surface area contributed by atoms with Crippen LogP contribution >= 0.6 is 0 Å². The number of anilines is 2. The topological polar surface area (TPSA) is 104 Å². The molecule has 1 aliphatic carbocycles. The molecule has 3 heterocycles. The van der Waals surface area contributed by atoms with E-state index in [-0.39, 0.29) is 6.09 Å². The van der Waals surface area contributed by atoms with Crippen LogP contribution in [0.4, 0.5) is 16.4 Å². The van der Waals surface area contributed by atoms with Crippen LogP contribution in [0.5, 0.6) is 5.75 Å². The highest BCUT2D eigenvalue weighted by Gasteiger charge is 2.45. The van der Waals surface area contributed by atoms with E-state index in [4.69, 9.17) is 24.0 Å². The van der Waals surface area contributed by atoms with Crippen molar-refractivity contribution < 1.29 is 18.7 Å². The second-order valence-electron chi connectivity index (χ2n) is 15.5. The third kappa shape index (κ3) is 7.61. The summed E-state index contributed by atoms with van der Waals surface area (Å²) >= 11 is 0. The van der Waals surface area contributed by atoms with Gasteiger partial charge in [-0.1, -0.05) is 41.5 Å². The predicted octanol–water partition coefficient (Wildman–Crippen LogP) is 8.80. The lowest BCUT2D eigenvalue weighted by Gasteiger charge is -2.43. The molecular weight excluding hydrogens is 609 g/mol. The van der Waals surface area contributed by atoms with Gasteiger partial charge in [-0.2, -0.15) is 10.1 Å². The minimum atomic E-state index is -1.86. The summed E-state index contributed by atoms with van der Waals surface area (Å²) in [6.45, 7) is 21.8. The number of rotatable bonds is 10. The largest absolute Gasteiger partial charge is 0.495 e. The third-order valence-electron chi connectivity index (χ3n) is 10.2. The average molecular weight is 665 g/mol. The Labute approximate surface area is 282 Å². The van der Waals surface area contributed by atoms with E-state index in [1.807, 2.05) is 45.3 Å². The van der Waals surface area contributed by atoms with Gasteiger partial charge in [0.2, 0.25) is 5.95 Å². The van der Waals surface area contributed by atoms with Crippen molar-refractivity contribution in [3.63, 3.8) is 0 Å². The van der Waals surface area contributed by atoms with E-state index in [0.29, 0.717) is 53.4 Å². The van der Waals surface area contributed by atoms with Gasteiger partial charge in [-0.3, -0.25) is 0 Å². The normalized spacial score (nSPS) is 19.0. The number of hydrogen-bond donors (Lipinski definition) is 1. The zero-order chi connectivity index (χ0) is 34.1. The molecule has 0 radical (unpaired) electrons. The fourth-order valence-electron chi connectivity index (χ4n) is 7.94. The second kappa shape index (κ2) is 14.1. The van der Waals surface area contributed by atoms with Crippen LogP contribution in [-0.4, -0.2) is 64.9 Å². The number of fused-ring (bicyclic) bond motifs is 2. The number of carbonyl (C=O) groups excluding carboxylic acids is 1. The summed E-state index contributed by atoms with van der Waals surface area (Å²) in [5.41, 5.74) is 5.07. The number of carbonyl (C=O) groups is 1. The fourth-order valence-corrected chi connectivity index (χ4v) is 13.5. The van der Waals surface area contributed by atoms with Crippen molar-refractivity contribution in [3.05, 3.63) is 35.7 Å². The van der Waals surface area contributed by atoms with Crippen molar-refractivity contribution in [2.24, 2.45) is 5.92 Å². The fraction of sp³-hybridized carbons (Fsp3) is 0.667. The Morgan fingerprint density at radius 1 is 1.00 bits per heavy atom. The van der Waals surface area contributed by atoms with E-state index in [9.17, 15) is 4.79 Å². The highest BCUT2D eigenvalue weighted by atomic mass is 28.4. The van der Waals surface area contributed by atoms with Crippen molar-refractivity contribution in [1.29, 1.82) is 0 Å². The minimum Gasteiger partial charge on any atom is -0.495 e. The van der Waals surface area contributed by atoms with Crippen LogP contribution in [0.3, 0.4) is 0 Å². The molecule has 5 rings (SSSR count). The van der Waals surface area contributed by atoms with Crippen molar-refractivity contribution in [2.45, 2.75) is 129 Å². The molecule has 258 valence electrons. The molecule has 0 spiro atoms. The van der Waals surface area contributed by atoms with Crippen LogP contribution in [0.1, 0.15) is 105 Å². The molecule has 1 fully saturated rings. The molecule has 1 aliphatic heterocycles. The monoisotopic (exact) mass is 664 g/mol. The van der Waals surface area contributed by atoms with Crippen LogP contribution in [0.15, 0.2) is 24.5 Å². The zero-order valence-electron chi connectivity index (χ0n) is 30.2. The van der Waals surface area contributed by atoms with Gasteiger partial charge in [0.15, 0.2) is 14.0 Å². The van der Waals surface area contributed by atoms with Gasteiger partial charge in [0, 0.05) is 25.9 Å². The summed E-state index contributed by atoms with van der Waals surface area (Å²) in [4.78, 5) is 24.1. The van der Waals surface area contributed by atoms with Crippen molar-refractivity contribution in [1.82, 2.24) is 24.6 Å². The molecule has 0 unspecified atom stereocenters. The minimum absolute atomic E-state index is 0.297. The second-order valence-corrected chi connectivity index (χ2v) is 20.9. The molecule has 2 aromatic heterocycles. The van der Waals surface area contributed by atoms with E-state index in [2.05, 4.69) is 56.5 Å². The van der Waals surface area contributed by atoms with E-state index in [1.165, 1.54) is 0 Å². The molecule has 11 heteroatoms. The number of nitrogens with zero attached hydrogens (tertiary/aromatic N) is 5. The van der Waals surface area contributed by atoms with Crippen LogP contribution in [-0.2, 0) is 22.1 Å². The maximum atomic E-state index is 12.8. The first-order valence-electron chi connectivity index (χ1n) is 17.5. The highest BCUT2D eigenvalue weighted by molar-refractivity contribution is 6.77. The van der Waals surface area contributed by atoms with Gasteiger partial charge in [0.25, 0.3) is 0 Å². The Bertz CT molecular complexity index is 1520. The number of benzene rings is 1. The number of methoxy groups -OCH3 is 1.